The summed E-state index contributed by atoms with van der Waals surface area (Å²) < 4.78 is 19.1. The van der Waals surface area contributed by atoms with Gasteiger partial charge in [0, 0.05) is 18.1 Å². The molecule has 8 heteroatoms. The van der Waals surface area contributed by atoms with Gasteiger partial charge in [-0.2, -0.15) is 0 Å². The van der Waals surface area contributed by atoms with Crippen molar-refractivity contribution in [1.82, 2.24) is 4.90 Å². The first kappa shape index (κ1) is 18.0. The van der Waals surface area contributed by atoms with Gasteiger partial charge in [0.15, 0.2) is 0 Å². The summed E-state index contributed by atoms with van der Waals surface area (Å²) in [6, 6.07) is 10.5. The van der Waals surface area contributed by atoms with Crippen molar-refractivity contribution in [3.05, 3.63) is 53.3 Å². The number of amides is 3. The van der Waals surface area contributed by atoms with Crippen molar-refractivity contribution in [2.45, 2.75) is 0 Å². The number of carbonyl (C=O) groups excluding carboxylic acids is 2. The Morgan fingerprint density at radius 2 is 2.04 bits per heavy atom. The van der Waals surface area contributed by atoms with Gasteiger partial charge < -0.3 is 15.0 Å². The highest BCUT2D eigenvalue weighted by Gasteiger charge is 2.32. The van der Waals surface area contributed by atoms with Crippen molar-refractivity contribution in [1.29, 1.82) is 0 Å². The molecule has 0 saturated carbocycles. The molecular weight excluding hydrogens is 361 g/mol. The molecule has 1 fully saturated rings. The summed E-state index contributed by atoms with van der Waals surface area (Å²) in [6.45, 7) is 0.486. The van der Waals surface area contributed by atoms with Crippen molar-refractivity contribution < 1.29 is 18.7 Å². The number of rotatable bonds is 5. The van der Waals surface area contributed by atoms with Crippen LogP contribution in [0.3, 0.4) is 0 Å². The van der Waals surface area contributed by atoms with Gasteiger partial charge in [-0.05, 0) is 30.3 Å². The van der Waals surface area contributed by atoms with Crippen LogP contribution >= 0.6 is 11.6 Å². The Kier molecular flexibility index (Phi) is 5.27. The number of benzene rings is 2. The van der Waals surface area contributed by atoms with Crippen LogP contribution in [0.5, 0.6) is 5.75 Å². The molecule has 136 valence electrons. The van der Waals surface area contributed by atoms with Gasteiger partial charge in [0.05, 0.1) is 18.5 Å². The molecule has 26 heavy (non-hydrogen) atoms. The standard InChI is InChI=1S/C18H17ClFN3O3/c1-26-16-7-6-12(19)10-14(16)21-17(24)11-22-8-9-23(18(22)25)15-5-3-2-4-13(15)20/h2-7,10H,8-9,11H2,1H3,(H,21,24). The fraction of sp³-hybridized carbons (Fsp3) is 0.222. The van der Waals surface area contributed by atoms with E-state index in [0.29, 0.717) is 29.5 Å². The first-order valence-corrected chi connectivity index (χ1v) is 8.31. The molecule has 6 nitrogen and oxygen atoms in total. The fourth-order valence-corrected chi connectivity index (χ4v) is 2.94. The molecule has 1 heterocycles. The van der Waals surface area contributed by atoms with E-state index in [-0.39, 0.29) is 12.2 Å². The normalized spacial score (nSPS) is 13.9. The van der Waals surface area contributed by atoms with Gasteiger partial charge in [0.1, 0.15) is 18.1 Å². The van der Waals surface area contributed by atoms with Crippen LogP contribution in [0.25, 0.3) is 0 Å². The lowest BCUT2D eigenvalue weighted by molar-refractivity contribution is -0.116. The van der Waals surface area contributed by atoms with E-state index in [1.54, 1.807) is 30.3 Å². The lowest BCUT2D eigenvalue weighted by Crippen LogP contribution is -2.37. The Morgan fingerprint density at radius 1 is 1.27 bits per heavy atom. The minimum absolute atomic E-state index is 0.153. The second-order valence-corrected chi connectivity index (χ2v) is 6.14. The van der Waals surface area contributed by atoms with Gasteiger partial charge in [-0.25, -0.2) is 9.18 Å². The number of carbonyl (C=O) groups is 2. The number of hydrogen-bond donors (Lipinski definition) is 1. The average Bonchev–Trinajstić information content (AvgIpc) is 2.96. The van der Waals surface area contributed by atoms with E-state index in [1.807, 2.05) is 0 Å². The van der Waals surface area contributed by atoms with Gasteiger partial charge in [-0.15, -0.1) is 0 Å². The van der Waals surface area contributed by atoms with Gasteiger partial charge in [0.25, 0.3) is 0 Å². The van der Waals surface area contributed by atoms with Crippen LogP contribution in [0.2, 0.25) is 5.02 Å². The minimum atomic E-state index is -0.476. The average molecular weight is 378 g/mol. The van der Waals surface area contributed by atoms with E-state index in [2.05, 4.69) is 5.32 Å². The maximum Gasteiger partial charge on any atom is 0.325 e. The summed E-state index contributed by atoms with van der Waals surface area (Å²) in [5, 5.41) is 3.13. The lowest BCUT2D eigenvalue weighted by Gasteiger charge is -2.19. The number of ether oxygens (including phenoxy) is 1. The van der Waals surface area contributed by atoms with E-state index in [1.165, 1.54) is 29.0 Å². The third-order valence-corrected chi connectivity index (χ3v) is 4.24. The molecule has 0 radical (unpaired) electrons. The number of urea groups is 1. The SMILES string of the molecule is COc1ccc(Cl)cc1NC(=O)CN1CCN(c2ccccc2F)C1=O. The summed E-state index contributed by atoms with van der Waals surface area (Å²) in [5.74, 6) is -0.409. The molecule has 3 rings (SSSR count). The number of hydrogen-bond acceptors (Lipinski definition) is 3. The first-order valence-electron chi connectivity index (χ1n) is 7.94. The number of para-hydroxylation sites is 1. The molecule has 2 aromatic rings. The topological polar surface area (TPSA) is 61.9 Å². The summed E-state index contributed by atoms with van der Waals surface area (Å²) in [7, 11) is 1.48. The monoisotopic (exact) mass is 377 g/mol. The Hall–Kier alpha value is -2.80. The number of methoxy groups -OCH3 is 1. The molecule has 0 spiro atoms. The molecule has 1 N–H and O–H groups in total. The van der Waals surface area contributed by atoms with E-state index in [0.717, 1.165) is 0 Å². The smallest absolute Gasteiger partial charge is 0.325 e. The molecule has 0 aliphatic carbocycles. The Labute approximate surface area is 155 Å². The second-order valence-electron chi connectivity index (χ2n) is 5.70. The lowest BCUT2D eigenvalue weighted by atomic mass is 10.3. The number of nitrogens with zero attached hydrogens (tertiary/aromatic N) is 2. The molecular formula is C18H17ClFN3O3. The molecule has 3 amide bonds. The molecule has 0 aromatic heterocycles. The third-order valence-electron chi connectivity index (χ3n) is 4.01. The Morgan fingerprint density at radius 3 is 2.77 bits per heavy atom. The maximum atomic E-state index is 13.9. The molecule has 0 bridgehead atoms. The first-order chi connectivity index (χ1) is 12.5. The quantitative estimate of drug-likeness (QED) is 0.869. The van der Waals surface area contributed by atoms with Crippen LogP contribution in [0, 0.1) is 5.82 Å². The molecule has 1 aliphatic heterocycles. The van der Waals surface area contributed by atoms with E-state index in [9.17, 15) is 14.0 Å². The second kappa shape index (κ2) is 7.61. The van der Waals surface area contributed by atoms with Crippen LogP contribution in [-0.4, -0.2) is 43.6 Å². The van der Waals surface area contributed by atoms with E-state index >= 15 is 0 Å². The highest BCUT2D eigenvalue weighted by molar-refractivity contribution is 6.31. The van der Waals surface area contributed by atoms with Crippen molar-refractivity contribution in [2.24, 2.45) is 0 Å². The van der Waals surface area contributed by atoms with Crippen LogP contribution in [0.15, 0.2) is 42.5 Å². The van der Waals surface area contributed by atoms with Crippen LogP contribution in [0.1, 0.15) is 0 Å². The predicted octanol–water partition coefficient (Wildman–Crippen LogP) is 3.37. The van der Waals surface area contributed by atoms with Crippen LogP contribution < -0.4 is 15.0 Å². The highest BCUT2D eigenvalue weighted by Crippen LogP contribution is 2.28. The van der Waals surface area contributed by atoms with E-state index in [4.69, 9.17) is 16.3 Å². The highest BCUT2D eigenvalue weighted by atomic mass is 35.5. The van der Waals surface area contributed by atoms with Gasteiger partial charge in [0.2, 0.25) is 5.91 Å². The van der Waals surface area contributed by atoms with Crippen LogP contribution in [0.4, 0.5) is 20.6 Å². The van der Waals surface area contributed by atoms with Gasteiger partial charge in [-0.3, -0.25) is 9.69 Å². The van der Waals surface area contributed by atoms with Crippen molar-refractivity contribution >= 4 is 34.9 Å². The van der Waals surface area contributed by atoms with Gasteiger partial charge in [-0.1, -0.05) is 23.7 Å². The summed E-state index contributed by atoms with van der Waals surface area (Å²) in [6.07, 6.45) is 0. The van der Waals surface area contributed by atoms with Crippen molar-refractivity contribution in [3.8, 4) is 5.75 Å². The fourth-order valence-electron chi connectivity index (χ4n) is 2.76. The van der Waals surface area contributed by atoms with Crippen molar-refractivity contribution in [3.63, 3.8) is 0 Å². The molecule has 2 aromatic carbocycles. The zero-order valence-corrected chi connectivity index (χ0v) is 14.8. The minimum Gasteiger partial charge on any atom is -0.495 e. The van der Waals surface area contributed by atoms with Gasteiger partial charge >= 0.3 is 6.03 Å². The molecule has 0 unspecified atom stereocenters. The number of halogens is 2. The summed E-state index contributed by atoms with van der Waals surface area (Å²) in [4.78, 5) is 27.5. The zero-order valence-electron chi connectivity index (χ0n) is 14.0. The predicted molar refractivity (Wildman–Crippen MR) is 97.3 cm³/mol. The number of nitrogens with one attached hydrogen (secondary N) is 1. The van der Waals surface area contributed by atoms with Crippen molar-refractivity contribution in [2.75, 3.05) is 37.0 Å². The Balaban J connectivity index is 1.67. The van der Waals surface area contributed by atoms with E-state index < -0.39 is 17.8 Å². The molecule has 1 saturated heterocycles. The Bertz CT molecular complexity index is 846. The van der Waals surface area contributed by atoms with Crippen LogP contribution in [-0.2, 0) is 4.79 Å². The molecule has 1 aliphatic rings. The summed E-state index contributed by atoms with van der Waals surface area (Å²) in [5.41, 5.74) is 0.625. The maximum absolute atomic E-state index is 13.9. The third kappa shape index (κ3) is 3.72. The largest absolute Gasteiger partial charge is 0.495 e. The number of anilines is 2. The molecule has 0 atom stereocenters. The zero-order chi connectivity index (χ0) is 18.7. The summed E-state index contributed by atoms with van der Waals surface area (Å²) >= 11 is 5.94.